The maximum absolute atomic E-state index is 14.1. The predicted octanol–water partition coefficient (Wildman–Crippen LogP) is 2.82. The van der Waals surface area contributed by atoms with Gasteiger partial charge in [-0.05, 0) is 52.7 Å². The number of carbonyl (C=O) groups is 1. The molecule has 0 unspecified atom stereocenters. The molecule has 4 heterocycles. The molecule has 11 heteroatoms. The molecule has 0 spiro atoms. The Balaban J connectivity index is 1.37. The van der Waals surface area contributed by atoms with Gasteiger partial charge in [0.05, 0.1) is 29.1 Å². The zero-order valence-electron chi connectivity index (χ0n) is 22.8. The summed E-state index contributed by atoms with van der Waals surface area (Å²) in [6.45, 7) is 6.66. The molecule has 0 radical (unpaired) electrons. The van der Waals surface area contributed by atoms with Crippen LogP contribution in [-0.4, -0.2) is 53.5 Å². The topological polar surface area (TPSA) is 143 Å². The van der Waals surface area contributed by atoms with E-state index in [0.717, 1.165) is 0 Å². The van der Waals surface area contributed by atoms with Gasteiger partial charge < -0.3 is 43.1 Å². The van der Waals surface area contributed by atoms with Crippen molar-refractivity contribution >= 4 is 5.78 Å². The molecule has 4 atom stereocenters. The lowest BCUT2D eigenvalue weighted by Gasteiger charge is -2.68. The van der Waals surface area contributed by atoms with Crippen LogP contribution < -0.4 is 24.6 Å². The average Bonchev–Trinajstić information content (AvgIpc) is 3.60. The first kappa shape index (κ1) is 25.3. The van der Waals surface area contributed by atoms with Gasteiger partial charge in [0.25, 0.3) is 0 Å². The molecule has 2 aromatic rings. The van der Waals surface area contributed by atoms with Crippen LogP contribution in [0.2, 0.25) is 0 Å². The minimum Gasteiger partial charge on any atom is -0.493 e. The number of ketones is 1. The second-order valence-corrected chi connectivity index (χ2v) is 12.0. The van der Waals surface area contributed by atoms with Crippen LogP contribution in [0.5, 0.6) is 23.0 Å². The summed E-state index contributed by atoms with van der Waals surface area (Å²) in [4.78, 5) is 27.5. The highest BCUT2D eigenvalue weighted by Crippen LogP contribution is 2.68. The van der Waals surface area contributed by atoms with Crippen LogP contribution in [0, 0.1) is 10.8 Å². The number of benzene rings is 1. The van der Waals surface area contributed by atoms with Crippen molar-refractivity contribution in [1.29, 1.82) is 0 Å². The van der Waals surface area contributed by atoms with Gasteiger partial charge in [-0.25, -0.2) is 4.79 Å². The zero-order valence-corrected chi connectivity index (χ0v) is 22.8. The van der Waals surface area contributed by atoms with E-state index >= 15 is 0 Å². The van der Waals surface area contributed by atoms with E-state index in [-0.39, 0.29) is 61.4 Å². The van der Waals surface area contributed by atoms with Crippen molar-refractivity contribution in [3.8, 4) is 34.3 Å². The third kappa shape index (κ3) is 2.67. The van der Waals surface area contributed by atoms with E-state index in [2.05, 4.69) is 0 Å². The van der Waals surface area contributed by atoms with E-state index in [1.807, 2.05) is 0 Å². The second-order valence-electron chi connectivity index (χ2n) is 12.0. The summed E-state index contributed by atoms with van der Waals surface area (Å²) in [6, 6.07) is 4.93. The Bertz CT molecular complexity index is 1590. The molecule has 5 aliphatic rings. The Kier molecular flexibility index (Phi) is 4.75. The Morgan fingerprint density at radius 3 is 2.38 bits per heavy atom. The van der Waals surface area contributed by atoms with Crippen LogP contribution in [0.25, 0.3) is 11.3 Å². The fourth-order valence-electron chi connectivity index (χ4n) is 7.55. The molecule has 0 saturated heterocycles. The molecule has 212 valence electrons. The molecule has 3 aliphatic heterocycles. The molecule has 1 aromatic carbocycles. The molecule has 11 nitrogen and oxygen atoms in total. The number of ether oxygens (including phenoxy) is 6. The molecule has 0 bridgehead atoms. The lowest BCUT2D eigenvalue weighted by atomic mass is 9.40. The first-order valence-corrected chi connectivity index (χ1v) is 13.2. The minimum absolute atomic E-state index is 0.0141. The number of hydrogen-bond acceptors (Lipinski definition) is 11. The smallest absolute Gasteiger partial charge is 0.343 e. The molecular weight excluding hydrogens is 524 g/mol. The van der Waals surface area contributed by atoms with Crippen molar-refractivity contribution in [3.05, 3.63) is 45.7 Å². The first-order valence-electron chi connectivity index (χ1n) is 13.2. The van der Waals surface area contributed by atoms with Crippen molar-refractivity contribution in [2.45, 2.75) is 63.8 Å². The molecule has 1 aromatic heterocycles. The summed E-state index contributed by atoms with van der Waals surface area (Å²) in [5.41, 5.74) is -8.14. The van der Waals surface area contributed by atoms with E-state index in [9.17, 15) is 19.8 Å². The van der Waals surface area contributed by atoms with Gasteiger partial charge in [-0.3, -0.25) is 4.79 Å². The number of hydrogen-bond donors (Lipinski definition) is 2. The van der Waals surface area contributed by atoms with Crippen molar-refractivity contribution in [2.24, 2.45) is 10.8 Å². The fourth-order valence-corrected chi connectivity index (χ4v) is 7.55. The monoisotopic (exact) mass is 554 g/mol. The van der Waals surface area contributed by atoms with Gasteiger partial charge in [0.15, 0.2) is 17.3 Å². The van der Waals surface area contributed by atoms with Gasteiger partial charge >= 0.3 is 5.63 Å². The van der Waals surface area contributed by atoms with Gasteiger partial charge in [0.1, 0.15) is 22.7 Å². The molecule has 2 N–H and O–H groups in total. The lowest BCUT2D eigenvalue weighted by Crippen LogP contribution is -2.82. The van der Waals surface area contributed by atoms with Crippen LogP contribution in [0.1, 0.15) is 46.1 Å². The molecular formula is C29H30O11. The largest absolute Gasteiger partial charge is 0.493 e. The highest BCUT2D eigenvalue weighted by Gasteiger charge is 2.81. The van der Waals surface area contributed by atoms with E-state index < -0.39 is 39.0 Å². The molecule has 1 fully saturated rings. The maximum Gasteiger partial charge on any atom is 0.343 e. The number of Topliss-reactive ketones (excluding diaryl/α,β-unsaturated/α-hetero) is 1. The quantitative estimate of drug-likeness (QED) is 0.566. The van der Waals surface area contributed by atoms with Crippen molar-refractivity contribution in [3.63, 3.8) is 0 Å². The third-order valence-electron chi connectivity index (χ3n) is 10.1. The summed E-state index contributed by atoms with van der Waals surface area (Å²) in [5, 5.41) is 24.9. The Labute approximate surface area is 229 Å². The second kappa shape index (κ2) is 7.52. The minimum atomic E-state index is -2.00. The summed E-state index contributed by atoms with van der Waals surface area (Å²) < 4.78 is 39.8. The van der Waals surface area contributed by atoms with Gasteiger partial charge in [-0.2, -0.15) is 0 Å². The fraction of sp³-hybridized carbons (Fsp3) is 0.517. The van der Waals surface area contributed by atoms with Crippen LogP contribution >= 0.6 is 0 Å². The number of methoxy groups -OCH3 is 1. The van der Waals surface area contributed by atoms with E-state index in [4.69, 9.17) is 32.8 Å². The molecule has 1 saturated carbocycles. The zero-order chi connectivity index (χ0) is 28.5. The van der Waals surface area contributed by atoms with Crippen LogP contribution in [0.4, 0.5) is 0 Å². The number of allylic oxidation sites excluding steroid dienone is 1. The number of carbonyl (C=O) groups excluding carboxylic acids is 1. The Morgan fingerprint density at radius 1 is 0.875 bits per heavy atom. The number of rotatable bonds is 2. The molecule has 7 rings (SSSR count). The van der Waals surface area contributed by atoms with E-state index in [1.165, 1.54) is 14.0 Å². The van der Waals surface area contributed by atoms with Gasteiger partial charge in [0.2, 0.25) is 30.9 Å². The van der Waals surface area contributed by atoms with Gasteiger partial charge in [-0.1, -0.05) is 0 Å². The predicted molar refractivity (Wildman–Crippen MR) is 136 cm³/mol. The summed E-state index contributed by atoms with van der Waals surface area (Å²) in [7, 11) is 1.50. The highest BCUT2D eigenvalue weighted by atomic mass is 16.7. The van der Waals surface area contributed by atoms with Crippen molar-refractivity contribution in [2.75, 3.05) is 20.7 Å². The molecule has 0 amide bonds. The summed E-state index contributed by atoms with van der Waals surface area (Å²) in [6.07, 6.45) is 0.0445. The summed E-state index contributed by atoms with van der Waals surface area (Å²) in [5.74, 6) is 1.42. The number of fused-ring (bicyclic) bond motifs is 5. The first-order chi connectivity index (χ1) is 18.8. The average molecular weight is 555 g/mol. The van der Waals surface area contributed by atoms with Crippen molar-refractivity contribution in [1.82, 2.24) is 0 Å². The third-order valence-corrected chi connectivity index (χ3v) is 10.1. The van der Waals surface area contributed by atoms with Crippen LogP contribution in [-0.2, 0) is 20.7 Å². The normalized spacial score (nSPS) is 34.5. The van der Waals surface area contributed by atoms with Crippen LogP contribution in [0.3, 0.4) is 0 Å². The maximum atomic E-state index is 14.1. The van der Waals surface area contributed by atoms with Crippen LogP contribution in [0.15, 0.2) is 38.9 Å². The van der Waals surface area contributed by atoms with Gasteiger partial charge in [0, 0.05) is 18.1 Å². The molecule has 2 aliphatic carbocycles. The standard InChI is InChI=1S/C29H30O11/c1-25(2)23-21(37-13-38-23)22(30)27(4)28(25,32)7-6-26(3)29(27,33)11-15-17(40-26)10-16(39-24(15)31)14-8-18(34-5)20-19(9-14)35-12-36-20/h8-10,32-33H,6-7,11-13H2,1-5H3/t26-,27+,28-,29-/m1/s1. The Morgan fingerprint density at radius 2 is 1.62 bits per heavy atom. The highest BCUT2D eigenvalue weighted by molar-refractivity contribution is 6.02. The SMILES string of the molecule is COc1cc(-c2cc3c(c(=O)o2)C[C@]2(O)[C@@]4(C)C(=O)C5=C(OCO5)C(C)(C)[C@]4(O)CC[C@@]2(C)O3)cc2c1OCO2. The van der Waals surface area contributed by atoms with Gasteiger partial charge in [-0.15, -0.1) is 0 Å². The summed E-state index contributed by atoms with van der Waals surface area (Å²) >= 11 is 0. The van der Waals surface area contributed by atoms with E-state index in [0.29, 0.717) is 22.8 Å². The number of aliphatic hydroxyl groups is 2. The molecule has 40 heavy (non-hydrogen) atoms. The Hall–Kier alpha value is -3.70. The van der Waals surface area contributed by atoms with Crippen molar-refractivity contribution < 1.29 is 47.8 Å². The van der Waals surface area contributed by atoms with E-state index in [1.54, 1.807) is 39.0 Å². The lowest BCUT2D eigenvalue weighted by molar-refractivity contribution is -0.302.